The van der Waals surface area contributed by atoms with E-state index in [1.807, 2.05) is 30.3 Å². The SMILES string of the molecule is CC(=O)Nc1ccc2c(c1)CCNN2C. The van der Waals surface area contributed by atoms with E-state index in [-0.39, 0.29) is 5.91 Å². The van der Waals surface area contributed by atoms with Crippen LogP contribution in [0.5, 0.6) is 0 Å². The van der Waals surface area contributed by atoms with E-state index >= 15 is 0 Å². The molecule has 1 aliphatic heterocycles. The van der Waals surface area contributed by atoms with Crippen molar-refractivity contribution in [1.29, 1.82) is 0 Å². The van der Waals surface area contributed by atoms with Gasteiger partial charge in [0.1, 0.15) is 0 Å². The second-order valence-corrected chi connectivity index (χ2v) is 3.74. The summed E-state index contributed by atoms with van der Waals surface area (Å²) in [5.41, 5.74) is 6.56. The van der Waals surface area contributed by atoms with Gasteiger partial charge in [0, 0.05) is 26.2 Å². The maximum absolute atomic E-state index is 10.9. The normalized spacial score (nSPS) is 14.7. The van der Waals surface area contributed by atoms with E-state index in [4.69, 9.17) is 0 Å². The van der Waals surface area contributed by atoms with Crippen LogP contribution in [0.1, 0.15) is 12.5 Å². The minimum Gasteiger partial charge on any atom is -0.326 e. The number of hydrazine groups is 1. The Hall–Kier alpha value is -1.55. The number of benzene rings is 1. The molecule has 1 aromatic rings. The lowest BCUT2D eigenvalue weighted by molar-refractivity contribution is -0.114. The summed E-state index contributed by atoms with van der Waals surface area (Å²) in [6, 6.07) is 5.98. The lowest BCUT2D eigenvalue weighted by Gasteiger charge is -2.28. The van der Waals surface area contributed by atoms with Gasteiger partial charge >= 0.3 is 0 Å². The number of anilines is 2. The lowest BCUT2D eigenvalue weighted by Crippen LogP contribution is -2.40. The summed E-state index contributed by atoms with van der Waals surface area (Å²) in [5.74, 6) is -0.0303. The average molecular weight is 205 g/mol. The van der Waals surface area contributed by atoms with Gasteiger partial charge in [0.15, 0.2) is 0 Å². The Bertz CT molecular complexity index is 389. The second-order valence-electron chi connectivity index (χ2n) is 3.74. The summed E-state index contributed by atoms with van der Waals surface area (Å²) >= 11 is 0. The molecule has 2 rings (SSSR count). The van der Waals surface area contributed by atoms with Gasteiger partial charge in [-0.25, -0.2) is 5.43 Å². The van der Waals surface area contributed by atoms with Crippen LogP contribution in [0.4, 0.5) is 11.4 Å². The number of carbonyl (C=O) groups excluding carboxylic acids is 1. The quantitative estimate of drug-likeness (QED) is 0.722. The molecule has 0 saturated carbocycles. The predicted octanol–water partition coefficient (Wildman–Crippen LogP) is 1.14. The molecule has 0 radical (unpaired) electrons. The number of amides is 1. The molecule has 0 atom stereocenters. The fourth-order valence-electron chi connectivity index (χ4n) is 1.84. The first kappa shape index (κ1) is 9.98. The van der Waals surface area contributed by atoms with Gasteiger partial charge in [-0.1, -0.05) is 0 Å². The highest BCUT2D eigenvalue weighted by atomic mass is 16.1. The highest BCUT2D eigenvalue weighted by Crippen LogP contribution is 2.25. The minimum atomic E-state index is -0.0303. The van der Waals surface area contributed by atoms with E-state index in [1.165, 1.54) is 18.2 Å². The number of nitrogens with zero attached hydrogens (tertiary/aromatic N) is 1. The van der Waals surface area contributed by atoms with Crippen LogP contribution in [-0.4, -0.2) is 19.5 Å². The fraction of sp³-hybridized carbons (Fsp3) is 0.364. The molecule has 15 heavy (non-hydrogen) atoms. The zero-order chi connectivity index (χ0) is 10.8. The van der Waals surface area contributed by atoms with Crippen molar-refractivity contribution in [2.75, 3.05) is 23.9 Å². The highest BCUT2D eigenvalue weighted by molar-refractivity contribution is 5.89. The van der Waals surface area contributed by atoms with Crippen molar-refractivity contribution < 1.29 is 4.79 Å². The van der Waals surface area contributed by atoms with Gasteiger partial charge in [-0.2, -0.15) is 0 Å². The lowest BCUT2D eigenvalue weighted by atomic mass is 10.1. The molecule has 80 valence electrons. The summed E-state index contributed by atoms with van der Waals surface area (Å²) in [6.45, 7) is 2.46. The van der Waals surface area contributed by atoms with E-state index < -0.39 is 0 Å². The van der Waals surface area contributed by atoms with Crippen LogP contribution in [0.15, 0.2) is 18.2 Å². The number of carbonyl (C=O) groups is 1. The molecular weight excluding hydrogens is 190 g/mol. The predicted molar refractivity (Wildman–Crippen MR) is 60.9 cm³/mol. The van der Waals surface area contributed by atoms with Crippen LogP contribution < -0.4 is 15.8 Å². The molecule has 0 aromatic heterocycles. The van der Waals surface area contributed by atoms with E-state index in [0.717, 1.165) is 18.7 Å². The maximum atomic E-state index is 10.9. The molecule has 0 spiro atoms. The van der Waals surface area contributed by atoms with E-state index in [1.54, 1.807) is 0 Å². The van der Waals surface area contributed by atoms with Crippen molar-refractivity contribution in [3.05, 3.63) is 23.8 Å². The number of hydrogen-bond donors (Lipinski definition) is 2. The maximum Gasteiger partial charge on any atom is 0.221 e. The van der Waals surface area contributed by atoms with E-state index in [0.29, 0.717) is 0 Å². The van der Waals surface area contributed by atoms with Crippen LogP contribution in [0.25, 0.3) is 0 Å². The molecule has 1 aliphatic rings. The molecule has 4 nitrogen and oxygen atoms in total. The van der Waals surface area contributed by atoms with Gasteiger partial charge in [0.2, 0.25) is 5.91 Å². The topological polar surface area (TPSA) is 44.4 Å². The van der Waals surface area contributed by atoms with Gasteiger partial charge in [0.25, 0.3) is 0 Å². The van der Waals surface area contributed by atoms with Crippen LogP contribution >= 0.6 is 0 Å². The van der Waals surface area contributed by atoms with Crippen molar-refractivity contribution in [3.8, 4) is 0 Å². The number of rotatable bonds is 1. The molecule has 2 N–H and O–H groups in total. The van der Waals surface area contributed by atoms with Crippen molar-refractivity contribution in [1.82, 2.24) is 5.43 Å². The summed E-state index contributed by atoms with van der Waals surface area (Å²) in [6.07, 6.45) is 0.993. The number of hydrogen-bond acceptors (Lipinski definition) is 3. The van der Waals surface area contributed by atoms with E-state index in [9.17, 15) is 4.79 Å². The van der Waals surface area contributed by atoms with Crippen LogP contribution in [0, 0.1) is 0 Å². The van der Waals surface area contributed by atoms with E-state index in [2.05, 4.69) is 10.7 Å². The smallest absolute Gasteiger partial charge is 0.221 e. The number of fused-ring (bicyclic) bond motifs is 1. The Morgan fingerprint density at radius 3 is 3.07 bits per heavy atom. The Kier molecular flexibility index (Phi) is 2.60. The van der Waals surface area contributed by atoms with Gasteiger partial charge in [0.05, 0.1) is 5.69 Å². The summed E-state index contributed by atoms with van der Waals surface area (Å²) < 4.78 is 0. The molecule has 0 fully saturated rings. The minimum absolute atomic E-state index is 0.0303. The summed E-state index contributed by atoms with van der Waals surface area (Å²) in [5, 5.41) is 4.80. The standard InChI is InChI=1S/C11H15N3O/c1-8(15)13-10-3-4-11-9(7-10)5-6-12-14(11)2/h3-4,7,12H,5-6H2,1-2H3,(H,13,15). The first-order chi connectivity index (χ1) is 7.16. The van der Waals surface area contributed by atoms with Crippen molar-refractivity contribution in [3.63, 3.8) is 0 Å². The van der Waals surface area contributed by atoms with Crippen molar-refractivity contribution >= 4 is 17.3 Å². The molecule has 1 aromatic carbocycles. The summed E-state index contributed by atoms with van der Waals surface area (Å²) in [7, 11) is 2.00. The van der Waals surface area contributed by atoms with Crippen LogP contribution in [0.3, 0.4) is 0 Å². The third kappa shape index (κ3) is 2.10. The molecular formula is C11H15N3O. The first-order valence-electron chi connectivity index (χ1n) is 5.04. The largest absolute Gasteiger partial charge is 0.326 e. The van der Waals surface area contributed by atoms with Crippen molar-refractivity contribution in [2.24, 2.45) is 0 Å². The first-order valence-corrected chi connectivity index (χ1v) is 5.04. The molecule has 0 aliphatic carbocycles. The molecule has 1 amide bonds. The Morgan fingerprint density at radius 1 is 1.53 bits per heavy atom. The van der Waals surface area contributed by atoms with Gasteiger partial charge in [-0.05, 0) is 30.2 Å². The molecule has 0 saturated heterocycles. The summed E-state index contributed by atoms with van der Waals surface area (Å²) in [4.78, 5) is 10.9. The Balaban J connectivity index is 2.29. The monoisotopic (exact) mass is 205 g/mol. The zero-order valence-corrected chi connectivity index (χ0v) is 9.00. The van der Waals surface area contributed by atoms with Gasteiger partial charge in [-0.15, -0.1) is 0 Å². The number of nitrogens with one attached hydrogen (secondary N) is 2. The highest BCUT2D eigenvalue weighted by Gasteiger charge is 2.13. The molecule has 4 heteroatoms. The van der Waals surface area contributed by atoms with Crippen molar-refractivity contribution in [2.45, 2.75) is 13.3 Å². The molecule has 0 bridgehead atoms. The van der Waals surface area contributed by atoms with Gasteiger partial charge < -0.3 is 10.3 Å². The molecule has 1 heterocycles. The van der Waals surface area contributed by atoms with Crippen LogP contribution in [0.2, 0.25) is 0 Å². The zero-order valence-electron chi connectivity index (χ0n) is 9.00. The third-order valence-electron chi connectivity index (χ3n) is 2.50. The fourth-order valence-corrected chi connectivity index (χ4v) is 1.84. The Morgan fingerprint density at radius 2 is 2.33 bits per heavy atom. The molecule has 0 unspecified atom stereocenters. The second kappa shape index (κ2) is 3.90. The Labute approximate surface area is 89.2 Å². The van der Waals surface area contributed by atoms with Gasteiger partial charge in [-0.3, -0.25) is 4.79 Å². The van der Waals surface area contributed by atoms with Crippen LogP contribution in [-0.2, 0) is 11.2 Å². The third-order valence-corrected chi connectivity index (χ3v) is 2.50. The average Bonchev–Trinajstić information content (AvgIpc) is 2.17.